The summed E-state index contributed by atoms with van der Waals surface area (Å²) in [5.74, 6) is 0. The topological polar surface area (TPSA) is 8.17 Å². The zero-order chi connectivity index (χ0) is 37.0. The quantitative estimate of drug-likeness (QED) is 0.167. The van der Waals surface area contributed by atoms with Gasteiger partial charge in [-0.3, -0.25) is 0 Å². The van der Waals surface area contributed by atoms with E-state index in [4.69, 9.17) is 0 Å². The van der Waals surface area contributed by atoms with Crippen molar-refractivity contribution in [2.75, 3.05) is 4.90 Å². The third kappa shape index (κ3) is 5.26. The average molecular weight is 713 g/mol. The van der Waals surface area contributed by atoms with Gasteiger partial charge >= 0.3 is 0 Å². The number of benzene rings is 10. The van der Waals surface area contributed by atoms with E-state index in [1.54, 1.807) is 0 Å². The molecule has 0 spiro atoms. The van der Waals surface area contributed by atoms with E-state index in [0.717, 1.165) is 22.7 Å². The van der Waals surface area contributed by atoms with Gasteiger partial charge in [0.15, 0.2) is 0 Å². The number of rotatable bonds is 6. The third-order valence-electron chi connectivity index (χ3n) is 11.3. The minimum Gasteiger partial charge on any atom is -0.310 e. The monoisotopic (exact) mass is 712 g/mol. The molecule has 1 heterocycles. The first-order valence-electron chi connectivity index (χ1n) is 19.3. The lowest BCUT2D eigenvalue weighted by atomic mass is 9.90. The second-order valence-corrected chi connectivity index (χ2v) is 14.5. The second-order valence-electron chi connectivity index (χ2n) is 14.5. The fourth-order valence-electron chi connectivity index (χ4n) is 8.75. The Morgan fingerprint density at radius 2 is 0.893 bits per heavy atom. The first kappa shape index (κ1) is 32.0. The third-order valence-corrected chi connectivity index (χ3v) is 11.3. The van der Waals surface area contributed by atoms with Gasteiger partial charge in [-0.2, -0.15) is 0 Å². The molecule has 0 bridgehead atoms. The first-order valence-corrected chi connectivity index (χ1v) is 19.3. The van der Waals surface area contributed by atoms with Crippen LogP contribution in [0.25, 0.3) is 82.1 Å². The van der Waals surface area contributed by atoms with Crippen molar-refractivity contribution >= 4 is 71.2 Å². The number of nitrogens with zero attached hydrogens (tertiary/aromatic N) is 2. The Kier molecular flexibility index (Phi) is 7.53. The maximum atomic E-state index is 2.41. The molecule has 0 aliphatic rings. The smallest absolute Gasteiger partial charge is 0.0547 e. The van der Waals surface area contributed by atoms with Gasteiger partial charge in [0.1, 0.15) is 0 Å². The molecule has 10 aromatic carbocycles. The van der Waals surface area contributed by atoms with Crippen LogP contribution in [0.1, 0.15) is 0 Å². The van der Waals surface area contributed by atoms with Crippen molar-refractivity contribution in [1.82, 2.24) is 4.57 Å². The van der Waals surface area contributed by atoms with Crippen LogP contribution in [0.4, 0.5) is 17.1 Å². The summed E-state index contributed by atoms with van der Waals surface area (Å²) in [6.45, 7) is 0. The van der Waals surface area contributed by atoms with Gasteiger partial charge < -0.3 is 9.47 Å². The molecule has 0 fully saturated rings. The zero-order valence-corrected chi connectivity index (χ0v) is 30.7. The fraction of sp³-hybridized carbons (Fsp3) is 0. The van der Waals surface area contributed by atoms with E-state index in [1.807, 2.05) is 0 Å². The molecule has 11 rings (SSSR count). The van der Waals surface area contributed by atoms with Crippen LogP contribution < -0.4 is 4.90 Å². The predicted molar refractivity (Wildman–Crippen MR) is 239 cm³/mol. The van der Waals surface area contributed by atoms with Gasteiger partial charge in [0.25, 0.3) is 0 Å². The lowest BCUT2D eigenvalue weighted by Crippen LogP contribution is -2.10. The summed E-state index contributed by atoms with van der Waals surface area (Å²) in [5, 5.41) is 10.0. The Morgan fingerprint density at radius 3 is 1.71 bits per heavy atom. The van der Waals surface area contributed by atoms with Crippen LogP contribution in [0.5, 0.6) is 0 Å². The maximum absolute atomic E-state index is 2.41. The van der Waals surface area contributed by atoms with Gasteiger partial charge in [0, 0.05) is 33.5 Å². The van der Waals surface area contributed by atoms with Crippen molar-refractivity contribution in [1.29, 1.82) is 0 Å². The second kappa shape index (κ2) is 13.2. The maximum Gasteiger partial charge on any atom is 0.0547 e. The molecule has 0 atom stereocenters. The molecule has 0 saturated heterocycles. The molecule has 0 aliphatic heterocycles. The highest BCUT2D eigenvalue weighted by molar-refractivity contribution is 6.21. The molecule has 0 saturated carbocycles. The largest absolute Gasteiger partial charge is 0.310 e. The highest BCUT2D eigenvalue weighted by atomic mass is 15.1. The standard InChI is InChI=1S/C54H36N2/c1-2-14-39(15-3-1)51-36-45(32-33-49(51)48-23-12-19-38-16-6-8-20-46(38)48)55(44-27-25-37-13-4-5-18-41(37)35-44)42-28-30-43(31-29-42)56-52-24-11-10-22-50(52)54-47-21-9-7-17-40(47)26-34-53(54)56/h1-36H. The summed E-state index contributed by atoms with van der Waals surface area (Å²) in [6, 6.07) is 79.5. The van der Waals surface area contributed by atoms with E-state index < -0.39 is 0 Å². The number of anilines is 3. The van der Waals surface area contributed by atoms with Crippen molar-refractivity contribution in [2.45, 2.75) is 0 Å². The molecular formula is C54H36N2. The minimum absolute atomic E-state index is 1.09. The normalized spacial score (nSPS) is 11.6. The van der Waals surface area contributed by atoms with Crippen LogP contribution in [-0.4, -0.2) is 4.57 Å². The van der Waals surface area contributed by atoms with Crippen molar-refractivity contribution < 1.29 is 0 Å². The van der Waals surface area contributed by atoms with Crippen molar-refractivity contribution in [3.8, 4) is 27.9 Å². The number of fused-ring (bicyclic) bond motifs is 7. The van der Waals surface area contributed by atoms with Crippen molar-refractivity contribution in [2.24, 2.45) is 0 Å². The first-order chi connectivity index (χ1) is 27.8. The molecule has 2 nitrogen and oxygen atoms in total. The number of para-hydroxylation sites is 1. The van der Waals surface area contributed by atoms with Crippen LogP contribution in [0.15, 0.2) is 218 Å². The van der Waals surface area contributed by atoms with Crippen LogP contribution in [0.3, 0.4) is 0 Å². The lowest BCUT2D eigenvalue weighted by Gasteiger charge is -2.27. The molecule has 2 heteroatoms. The fourth-order valence-corrected chi connectivity index (χ4v) is 8.75. The molecule has 0 radical (unpaired) electrons. The Labute approximate surface area is 325 Å². The molecular weight excluding hydrogens is 677 g/mol. The van der Waals surface area contributed by atoms with Gasteiger partial charge in [-0.15, -0.1) is 0 Å². The van der Waals surface area contributed by atoms with Crippen molar-refractivity contribution in [3.05, 3.63) is 218 Å². The molecule has 0 N–H and O–H groups in total. The number of hydrogen-bond acceptors (Lipinski definition) is 1. The highest BCUT2D eigenvalue weighted by Crippen LogP contribution is 2.44. The molecule has 0 unspecified atom stereocenters. The minimum atomic E-state index is 1.09. The SMILES string of the molecule is c1ccc(-c2cc(N(c3ccc(-n4c5ccccc5c5c6ccccc6ccc54)cc3)c3ccc4ccccc4c3)ccc2-c2cccc3ccccc23)cc1. The molecule has 0 aliphatic carbocycles. The number of hydrogen-bond donors (Lipinski definition) is 0. The zero-order valence-electron chi connectivity index (χ0n) is 30.7. The summed E-state index contributed by atoms with van der Waals surface area (Å²) in [5.41, 5.74) is 11.7. The summed E-state index contributed by atoms with van der Waals surface area (Å²) < 4.78 is 2.41. The van der Waals surface area contributed by atoms with E-state index in [2.05, 4.69) is 228 Å². The molecule has 11 aromatic rings. The van der Waals surface area contributed by atoms with E-state index in [0.29, 0.717) is 0 Å². The van der Waals surface area contributed by atoms with Gasteiger partial charge in [0.05, 0.1) is 11.0 Å². The average Bonchev–Trinajstić information content (AvgIpc) is 3.62. The Morgan fingerprint density at radius 1 is 0.304 bits per heavy atom. The molecule has 56 heavy (non-hydrogen) atoms. The highest BCUT2D eigenvalue weighted by Gasteiger charge is 2.19. The summed E-state index contributed by atoms with van der Waals surface area (Å²) in [7, 11) is 0. The summed E-state index contributed by atoms with van der Waals surface area (Å²) in [4.78, 5) is 2.40. The van der Waals surface area contributed by atoms with E-state index in [9.17, 15) is 0 Å². The van der Waals surface area contributed by atoms with Gasteiger partial charge in [0.2, 0.25) is 0 Å². The van der Waals surface area contributed by atoms with Gasteiger partial charge in [-0.05, 0) is 115 Å². The molecule has 0 amide bonds. The van der Waals surface area contributed by atoms with Crippen LogP contribution >= 0.6 is 0 Å². The van der Waals surface area contributed by atoms with Crippen LogP contribution in [0, 0.1) is 0 Å². The van der Waals surface area contributed by atoms with E-state index in [-0.39, 0.29) is 0 Å². The Hall–Kier alpha value is -7.42. The van der Waals surface area contributed by atoms with Gasteiger partial charge in [-0.25, -0.2) is 0 Å². The van der Waals surface area contributed by atoms with Gasteiger partial charge in [-0.1, -0.05) is 158 Å². The number of aromatic nitrogens is 1. The Balaban J connectivity index is 1.11. The molecule has 1 aromatic heterocycles. The Bertz CT molecular complexity index is 3240. The van der Waals surface area contributed by atoms with Crippen molar-refractivity contribution in [3.63, 3.8) is 0 Å². The van der Waals surface area contributed by atoms with Crippen LogP contribution in [-0.2, 0) is 0 Å². The van der Waals surface area contributed by atoms with E-state index in [1.165, 1.54) is 76.4 Å². The summed E-state index contributed by atoms with van der Waals surface area (Å²) in [6.07, 6.45) is 0. The molecule has 262 valence electrons. The summed E-state index contributed by atoms with van der Waals surface area (Å²) >= 11 is 0. The predicted octanol–water partition coefficient (Wildman–Crippen LogP) is 15.0. The van der Waals surface area contributed by atoms with Crippen LogP contribution in [0.2, 0.25) is 0 Å². The van der Waals surface area contributed by atoms with E-state index >= 15 is 0 Å². The lowest BCUT2D eigenvalue weighted by molar-refractivity contribution is 1.17.